The third-order valence-corrected chi connectivity index (χ3v) is 7.41. The van der Waals surface area contributed by atoms with Gasteiger partial charge in [0, 0.05) is 37.5 Å². The van der Waals surface area contributed by atoms with E-state index in [1.165, 1.54) is 12.1 Å². The van der Waals surface area contributed by atoms with Crippen LogP contribution in [0.2, 0.25) is 0 Å². The van der Waals surface area contributed by atoms with Crippen LogP contribution in [-0.2, 0) is 22.3 Å². The molecule has 1 atom stereocenters. The van der Waals surface area contributed by atoms with Gasteiger partial charge in [-0.1, -0.05) is 12.1 Å². The molecule has 2 aliphatic heterocycles. The lowest BCUT2D eigenvalue weighted by atomic mass is 9.95. The van der Waals surface area contributed by atoms with Gasteiger partial charge in [0.05, 0.1) is 35.5 Å². The Morgan fingerprint density at radius 3 is 2.44 bits per heavy atom. The molecule has 10 heteroatoms. The quantitative estimate of drug-likeness (QED) is 0.631. The second kappa shape index (κ2) is 11.2. The van der Waals surface area contributed by atoms with Crippen LogP contribution in [0.1, 0.15) is 40.7 Å². The van der Waals surface area contributed by atoms with E-state index in [4.69, 9.17) is 4.74 Å². The van der Waals surface area contributed by atoms with Gasteiger partial charge in [-0.3, -0.25) is 14.6 Å². The highest BCUT2D eigenvalue weighted by Gasteiger charge is 2.31. The summed E-state index contributed by atoms with van der Waals surface area (Å²) in [5.41, 5.74) is 1.18. The molecule has 4 rings (SSSR count). The number of rotatable bonds is 7. The van der Waals surface area contributed by atoms with Crippen molar-refractivity contribution in [2.45, 2.75) is 38.5 Å². The van der Waals surface area contributed by atoms with Gasteiger partial charge in [0.25, 0.3) is 0 Å². The number of alkyl halides is 3. The number of morpholine rings is 1. The van der Waals surface area contributed by atoms with Crippen LogP contribution in [0.3, 0.4) is 0 Å². The number of amides is 1. The molecule has 1 aromatic carbocycles. The van der Waals surface area contributed by atoms with Gasteiger partial charge in [0.1, 0.15) is 0 Å². The average Bonchev–Trinajstić information content (AvgIpc) is 3.24. The maximum Gasteiger partial charge on any atom is 0.416 e. The maximum atomic E-state index is 13.0. The molecule has 1 amide bonds. The number of halogens is 3. The second-order valence-electron chi connectivity index (χ2n) is 8.94. The molecule has 6 nitrogen and oxygen atoms in total. The molecule has 0 saturated carbocycles. The van der Waals surface area contributed by atoms with Crippen molar-refractivity contribution < 1.29 is 22.7 Å². The molecule has 1 unspecified atom stereocenters. The first-order chi connectivity index (χ1) is 16.3. The van der Waals surface area contributed by atoms with Crippen LogP contribution in [0.25, 0.3) is 0 Å². The van der Waals surface area contributed by atoms with Gasteiger partial charge in [0.15, 0.2) is 0 Å². The van der Waals surface area contributed by atoms with Crippen LogP contribution in [0, 0.1) is 12.8 Å². The lowest BCUT2D eigenvalue weighted by molar-refractivity contribution is -0.137. The number of hydrogen-bond donors (Lipinski definition) is 1. The topological polar surface area (TPSA) is 57.7 Å². The van der Waals surface area contributed by atoms with Gasteiger partial charge >= 0.3 is 6.18 Å². The van der Waals surface area contributed by atoms with Gasteiger partial charge in [-0.15, -0.1) is 11.3 Å². The summed E-state index contributed by atoms with van der Waals surface area (Å²) in [6.45, 7) is 7.37. The largest absolute Gasteiger partial charge is 0.416 e. The summed E-state index contributed by atoms with van der Waals surface area (Å²) in [5.74, 6) is -0.0271. The van der Waals surface area contributed by atoms with E-state index in [2.05, 4.69) is 25.5 Å². The Bertz CT molecular complexity index is 936. The fourth-order valence-electron chi connectivity index (χ4n) is 4.65. The molecule has 1 aromatic heterocycles. The molecule has 0 bridgehead atoms. The van der Waals surface area contributed by atoms with E-state index in [0.29, 0.717) is 32.8 Å². The molecule has 186 valence electrons. The molecular formula is C24H31F3N4O2S. The van der Waals surface area contributed by atoms with Crippen molar-refractivity contribution in [3.63, 3.8) is 0 Å². The average molecular weight is 497 g/mol. The number of aromatic nitrogens is 1. The molecule has 3 heterocycles. The van der Waals surface area contributed by atoms with Crippen LogP contribution in [0.15, 0.2) is 29.6 Å². The number of hydrogen-bond acceptors (Lipinski definition) is 6. The van der Waals surface area contributed by atoms with Crippen molar-refractivity contribution in [2.75, 3.05) is 45.9 Å². The second-order valence-corrected chi connectivity index (χ2v) is 10.00. The van der Waals surface area contributed by atoms with Gasteiger partial charge in [-0.05, 0) is 50.6 Å². The summed E-state index contributed by atoms with van der Waals surface area (Å²) in [5, 5.41) is 6.23. The van der Waals surface area contributed by atoms with Crippen molar-refractivity contribution in [3.8, 4) is 0 Å². The zero-order chi connectivity index (χ0) is 24.1. The highest BCUT2D eigenvalue weighted by molar-refractivity contribution is 7.09. The van der Waals surface area contributed by atoms with E-state index < -0.39 is 11.7 Å². The molecule has 2 fully saturated rings. The van der Waals surface area contributed by atoms with Crippen LogP contribution in [0.4, 0.5) is 13.2 Å². The number of aryl methyl sites for hydroxylation is 1. The SMILES string of the molecule is Cc1nc(CN2CCC(C(=O)NCC(c3ccc(C(F)(F)F)cc3)N3CCOCC3)CC2)cs1. The Morgan fingerprint density at radius 2 is 1.85 bits per heavy atom. The highest BCUT2D eigenvalue weighted by Crippen LogP contribution is 2.31. The number of nitrogens with one attached hydrogen (secondary N) is 1. The van der Waals surface area contributed by atoms with E-state index >= 15 is 0 Å². The Morgan fingerprint density at radius 1 is 1.18 bits per heavy atom. The molecule has 2 aromatic rings. The number of piperidine rings is 1. The normalized spacial score (nSPS) is 19.8. The van der Waals surface area contributed by atoms with Crippen LogP contribution < -0.4 is 5.32 Å². The standard InChI is InChI=1S/C24H31F3N4O2S/c1-17-29-21(16-34-17)15-30-8-6-19(7-9-30)23(32)28-14-22(31-10-12-33-13-11-31)18-2-4-20(5-3-18)24(25,26)27/h2-5,16,19,22H,6-15H2,1H3,(H,28,32). The summed E-state index contributed by atoms with van der Waals surface area (Å²) >= 11 is 1.65. The number of ether oxygens (including phenoxy) is 1. The van der Waals surface area contributed by atoms with Crippen molar-refractivity contribution in [2.24, 2.45) is 5.92 Å². The summed E-state index contributed by atoms with van der Waals surface area (Å²) in [4.78, 5) is 22.0. The predicted octanol–water partition coefficient (Wildman–Crippen LogP) is 3.87. The van der Waals surface area contributed by atoms with Crippen molar-refractivity contribution in [3.05, 3.63) is 51.5 Å². The molecule has 0 spiro atoms. The fourth-order valence-corrected chi connectivity index (χ4v) is 5.25. The smallest absolute Gasteiger partial charge is 0.379 e. The molecule has 0 aliphatic carbocycles. The number of thiazole rings is 1. The van der Waals surface area contributed by atoms with E-state index in [-0.39, 0.29) is 17.9 Å². The first-order valence-electron chi connectivity index (χ1n) is 11.7. The lowest BCUT2D eigenvalue weighted by Gasteiger charge is -2.36. The first kappa shape index (κ1) is 25.1. The van der Waals surface area contributed by atoms with Crippen LogP contribution >= 0.6 is 11.3 Å². The minimum absolute atomic E-state index is 0.0225. The minimum atomic E-state index is -4.37. The number of benzene rings is 1. The van der Waals surface area contributed by atoms with E-state index in [9.17, 15) is 18.0 Å². The van der Waals surface area contributed by atoms with Gasteiger partial charge in [0.2, 0.25) is 5.91 Å². The van der Waals surface area contributed by atoms with E-state index in [1.807, 2.05) is 6.92 Å². The third kappa shape index (κ3) is 6.56. The summed E-state index contributed by atoms with van der Waals surface area (Å²) in [6, 6.07) is 5.08. The van der Waals surface area contributed by atoms with Crippen LogP contribution in [0.5, 0.6) is 0 Å². The summed E-state index contributed by atoms with van der Waals surface area (Å²) in [7, 11) is 0. The monoisotopic (exact) mass is 496 g/mol. The Kier molecular flexibility index (Phi) is 8.23. The Hall–Kier alpha value is -2.01. The van der Waals surface area contributed by atoms with Crippen molar-refractivity contribution >= 4 is 17.2 Å². The Balaban J connectivity index is 1.33. The van der Waals surface area contributed by atoms with Gasteiger partial charge < -0.3 is 10.1 Å². The summed E-state index contributed by atoms with van der Waals surface area (Å²) < 4.78 is 44.4. The van der Waals surface area contributed by atoms with Crippen molar-refractivity contribution in [1.82, 2.24) is 20.1 Å². The van der Waals surface area contributed by atoms with Gasteiger partial charge in [-0.2, -0.15) is 13.2 Å². The van der Waals surface area contributed by atoms with Gasteiger partial charge in [-0.25, -0.2) is 4.98 Å². The predicted molar refractivity (Wildman–Crippen MR) is 124 cm³/mol. The molecule has 0 radical (unpaired) electrons. The molecule has 2 saturated heterocycles. The molecule has 34 heavy (non-hydrogen) atoms. The minimum Gasteiger partial charge on any atom is -0.379 e. The van der Waals surface area contributed by atoms with Crippen LogP contribution in [-0.4, -0.2) is 66.6 Å². The zero-order valence-electron chi connectivity index (χ0n) is 19.3. The zero-order valence-corrected chi connectivity index (χ0v) is 20.1. The summed E-state index contributed by atoms with van der Waals surface area (Å²) in [6.07, 6.45) is -2.79. The first-order valence-corrected chi connectivity index (χ1v) is 12.6. The number of carbonyl (C=O) groups is 1. The molecule has 1 N–H and O–H groups in total. The van der Waals surface area contributed by atoms with Crippen molar-refractivity contribution in [1.29, 1.82) is 0 Å². The fraction of sp³-hybridized carbons (Fsp3) is 0.583. The molecular weight excluding hydrogens is 465 g/mol. The number of nitrogens with zero attached hydrogens (tertiary/aromatic N) is 3. The number of likely N-dealkylation sites (tertiary alicyclic amines) is 1. The highest BCUT2D eigenvalue weighted by atomic mass is 32.1. The Labute approximate surface area is 202 Å². The third-order valence-electron chi connectivity index (χ3n) is 6.59. The van der Waals surface area contributed by atoms with E-state index in [0.717, 1.165) is 60.9 Å². The van der Waals surface area contributed by atoms with E-state index in [1.54, 1.807) is 11.3 Å². The lowest BCUT2D eigenvalue weighted by Crippen LogP contribution is -2.46. The molecule has 2 aliphatic rings. The maximum absolute atomic E-state index is 13.0. The number of carbonyl (C=O) groups excluding carboxylic acids is 1.